The van der Waals surface area contributed by atoms with Crippen LogP contribution in [-0.2, 0) is 0 Å². The van der Waals surface area contributed by atoms with Crippen LogP contribution >= 0.6 is 23.1 Å². The molecule has 0 fully saturated rings. The molecule has 0 saturated carbocycles. The summed E-state index contributed by atoms with van der Waals surface area (Å²) in [6.45, 7) is 1.41. The lowest BCUT2D eigenvalue weighted by molar-refractivity contribution is 0.0989. The fraction of sp³-hybridized carbons (Fsp3) is 0.143. The van der Waals surface area contributed by atoms with E-state index in [1.165, 1.54) is 18.5 Å². The maximum absolute atomic E-state index is 10.9. The van der Waals surface area contributed by atoms with E-state index < -0.39 is 0 Å². The van der Waals surface area contributed by atoms with Crippen molar-refractivity contribution in [3.05, 3.63) is 16.2 Å². The van der Waals surface area contributed by atoms with Gasteiger partial charge in [-0.25, -0.2) is 0 Å². The molecule has 0 aromatic carbocycles. The Morgan fingerprint density at radius 3 is 3.08 bits per heavy atom. The summed E-state index contributed by atoms with van der Waals surface area (Å²) in [6.07, 6.45) is 0. The number of carbonyl (C=O) groups is 1. The summed E-state index contributed by atoms with van der Waals surface area (Å²) in [5.41, 5.74) is 0.440. The third kappa shape index (κ3) is 0.956. The molecule has 0 aliphatic carbocycles. The molecule has 0 N–H and O–H groups in total. The lowest BCUT2D eigenvalue weighted by Gasteiger charge is -1.85. The fourth-order valence-corrected chi connectivity index (χ4v) is 1.92. The molecule has 3 nitrogen and oxygen atoms in total. The number of hydrogen-bond acceptors (Lipinski definition) is 4. The highest BCUT2D eigenvalue weighted by Crippen LogP contribution is 2.30. The van der Waals surface area contributed by atoms with Crippen molar-refractivity contribution in [1.82, 2.24) is 4.37 Å². The summed E-state index contributed by atoms with van der Waals surface area (Å²) < 4.78 is 9.04. The Labute approximate surface area is 77.1 Å². The van der Waals surface area contributed by atoms with E-state index in [9.17, 15) is 4.79 Å². The van der Waals surface area contributed by atoms with Gasteiger partial charge < -0.3 is 4.42 Å². The summed E-state index contributed by atoms with van der Waals surface area (Å²) >= 11 is 7.10. The number of fused-ring (bicyclic) bond motifs is 1. The molecule has 2 aromatic heterocycles. The predicted molar refractivity (Wildman–Crippen MR) is 46.9 cm³/mol. The molecule has 2 rings (SSSR count). The second-order valence-electron chi connectivity index (χ2n) is 2.33. The van der Waals surface area contributed by atoms with E-state index in [1.54, 1.807) is 5.38 Å². The Kier molecular flexibility index (Phi) is 1.66. The Morgan fingerprint density at radius 2 is 2.50 bits per heavy atom. The van der Waals surface area contributed by atoms with Gasteiger partial charge in [0, 0.05) is 12.3 Å². The van der Waals surface area contributed by atoms with Crippen LogP contribution in [0.3, 0.4) is 0 Å². The second-order valence-corrected chi connectivity index (χ2v) is 3.34. The first-order valence-corrected chi connectivity index (χ1v) is 4.45. The number of carbonyl (C=O) groups excluding carboxylic acids is 1. The van der Waals surface area contributed by atoms with E-state index in [4.69, 9.17) is 16.0 Å². The molecule has 0 amide bonds. The Bertz CT molecular complexity index is 445. The number of halogens is 1. The zero-order valence-electron chi connectivity index (χ0n) is 6.13. The molecule has 0 spiro atoms. The molecule has 5 heteroatoms. The molecular weight excluding hydrogens is 198 g/mol. The highest BCUT2D eigenvalue weighted by Gasteiger charge is 2.16. The molecule has 2 aromatic rings. The number of hydrogen-bond donors (Lipinski definition) is 0. The maximum Gasteiger partial charge on any atom is 0.239 e. The lowest BCUT2D eigenvalue weighted by atomic mass is 10.3. The number of Topliss-reactive ketones (excluding diaryl/α,β-unsaturated/α-hetero) is 1. The van der Waals surface area contributed by atoms with Crippen molar-refractivity contribution in [2.75, 3.05) is 0 Å². The van der Waals surface area contributed by atoms with Crippen LogP contribution in [0.1, 0.15) is 17.5 Å². The zero-order valence-corrected chi connectivity index (χ0v) is 7.70. The molecule has 0 bridgehead atoms. The van der Waals surface area contributed by atoms with Gasteiger partial charge in [0.1, 0.15) is 5.02 Å². The first kappa shape index (κ1) is 7.76. The molecule has 0 atom stereocenters. The van der Waals surface area contributed by atoms with E-state index in [0.29, 0.717) is 16.1 Å². The summed E-state index contributed by atoms with van der Waals surface area (Å²) in [6, 6.07) is 0. The summed E-state index contributed by atoms with van der Waals surface area (Å²) in [4.78, 5) is 10.9. The van der Waals surface area contributed by atoms with Crippen molar-refractivity contribution in [3.63, 3.8) is 0 Å². The third-order valence-electron chi connectivity index (χ3n) is 1.49. The van der Waals surface area contributed by atoms with Crippen LogP contribution in [0.4, 0.5) is 0 Å². The molecular formula is C7H4ClNO2S. The summed E-state index contributed by atoms with van der Waals surface area (Å²) in [7, 11) is 0. The van der Waals surface area contributed by atoms with Gasteiger partial charge in [0.05, 0.1) is 5.39 Å². The average Bonchev–Trinajstić information content (AvgIpc) is 2.53. The smallest absolute Gasteiger partial charge is 0.239 e. The Hall–Kier alpha value is -0.870. The number of rotatable bonds is 1. The van der Waals surface area contributed by atoms with E-state index in [-0.39, 0.29) is 11.5 Å². The molecule has 0 unspecified atom stereocenters. The summed E-state index contributed by atoms with van der Waals surface area (Å²) in [5, 5.41) is 2.84. The first-order valence-electron chi connectivity index (χ1n) is 3.23. The number of aromatic nitrogens is 1. The van der Waals surface area contributed by atoms with Crippen LogP contribution in [0, 0.1) is 0 Å². The molecule has 62 valence electrons. The third-order valence-corrected chi connectivity index (χ3v) is 2.48. The predicted octanol–water partition coefficient (Wildman–Crippen LogP) is 2.75. The van der Waals surface area contributed by atoms with E-state index >= 15 is 0 Å². The van der Waals surface area contributed by atoms with E-state index in [0.717, 1.165) is 0 Å². The monoisotopic (exact) mass is 201 g/mol. The van der Waals surface area contributed by atoms with Crippen LogP contribution < -0.4 is 0 Å². The topological polar surface area (TPSA) is 43.1 Å². The highest BCUT2D eigenvalue weighted by molar-refractivity contribution is 7.04. The minimum atomic E-state index is -0.178. The number of ketones is 1. The van der Waals surface area contributed by atoms with Crippen molar-refractivity contribution in [3.8, 4) is 0 Å². The largest absolute Gasteiger partial charge is 0.432 e. The molecule has 0 aliphatic heterocycles. The van der Waals surface area contributed by atoms with Gasteiger partial charge in [0.15, 0.2) is 11.5 Å². The van der Waals surface area contributed by atoms with Gasteiger partial charge in [-0.2, -0.15) is 4.37 Å². The SMILES string of the molecule is CC(=O)c1oc2nscc2c1Cl. The van der Waals surface area contributed by atoms with Crippen molar-refractivity contribution in [2.45, 2.75) is 6.92 Å². The van der Waals surface area contributed by atoms with Gasteiger partial charge in [-0.1, -0.05) is 11.6 Å². The van der Waals surface area contributed by atoms with Gasteiger partial charge in [-0.15, -0.1) is 0 Å². The van der Waals surface area contributed by atoms with Gasteiger partial charge in [-0.3, -0.25) is 4.79 Å². The van der Waals surface area contributed by atoms with E-state index in [2.05, 4.69) is 4.37 Å². The minimum absolute atomic E-state index is 0.178. The molecule has 0 aliphatic rings. The minimum Gasteiger partial charge on any atom is -0.432 e. The Morgan fingerprint density at radius 1 is 1.75 bits per heavy atom. The van der Waals surface area contributed by atoms with Gasteiger partial charge in [0.2, 0.25) is 5.71 Å². The van der Waals surface area contributed by atoms with Crippen LogP contribution in [0.25, 0.3) is 11.1 Å². The Balaban J connectivity index is 2.78. The van der Waals surface area contributed by atoms with Crippen molar-refractivity contribution in [1.29, 1.82) is 0 Å². The van der Waals surface area contributed by atoms with Gasteiger partial charge in [0.25, 0.3) is 0 Å². The molecule has 0 radical (unpaired) electrons. The van der Waals surface area contributed by atoms with Crippen LogP contribution in [0.5, 0.6) is 0 Å². The number of furan rings is 1. The highest BCUT2D eigenvalue weighted by atomic mass is 35.5. The fourth-order valence-electron chi connectivity index (χ4n) is 0.936. The van der Waals surface area contributed by atoms with Crippen LogP contribution in [0.2, 0.25) is 5.02 Å². The normalized spacial score (nSPS) is 10.8. The van der Waals surface area contributed by atoms with Crippen LogP contribution in [-0.4, -0.2) is 10.2 Å². The van der Waals surface area contributed by atoms with E-state index in [1.807, 2.05) is 0 Å². The maximum atomic E-state index is 10.9. The standard InChI is InChI=1S/C7H4ClNO2S/c1-3(10)6-5(8)4-2-12-9-7(4)11-6/h2H,1H3. The molecule has 2 heterocycles. The summed E-state index contributed by atoms with van der Waals surface area (Å²) in [5.74, 6) is 0.0185. The quantitative estimate of drug-likeness (QED) is 0.667. The van der Waals surface area contributed by atoms with Crippen molar-refractivity contribution < 1.29 is 9.21 Å². The van der Waals surface area contributed by atoms with Gasteiger partial charge in [-0.05, 0) is 11.5 Å². The second kappa shape index (κ2) is 2.57. The molecule has 0 saturated heterocycles. The van der Waals surface area contributed by atoms with Gasteiger partial charge >= 0.3 is 0 Å². The van der Waals surface area contributed by atoms with Crippen molar-refractivity contribution in [2.24, 2.45) is 0 Å². The zero-order chi connectivity index (χ0) is 8.72. The lowest BCUT2D eigenvalue weighted by Crippen LogP contribution is -1.87. The van der Waals surface area contributed by atoms with Crippen molar-refractivity contribution >= 4 is 40.0 Å². The van der Waals surface area contributed by atoms with Crippen LogP contribution in [0.15, 0.2) is 9.80 Å². The average molecular weight is 202 g/mol. The number of nitrogens with zero attached hydrogens (tertiary/aromatic N) is 1. The molecule has 12 heavy (non-hydrogen) atoms. The first-order chi connectivity index (χ1) is 5.70.